The van der Waals surface area contributed by atoms with Gasteiger partial charge in [-0.2, -0.15) is 0 Å². The second-order valence-electron chi connectivity index (χ2n) is 12.8. The first kappa shape index (κ1) is 27.7. The van der Waals surface area contributed by atoms with E-state index in [1.54, 1.807) is 6.08 Å². The number of esters is 2. The SMILES string of the molecule is C[C@]12CC[C@H]3[C@@H](CC[C@]4(O)C[C@@H](OC(=O)CNCCCCN)CC[C@]34C=O)[C@@]1(O)CC[C@@H]2C1=CC(=O)OC1. The van der Waals surface area contributed by atoms with Crippen LogP contribution in [0.5, 0.6) is 0 Å². The van der Waals surface area contributed by atoms with Gasteiger partial charge in [0.1, 0.15) is 19.0 Å². The molecule has 1 aliphatic heterocycles. The highest BCUT2D eigenvalue weighted by molar-refractivity contribution is 5.85. The summed E-state index contributed by atoms with van der Waals surface area (Å²) in [7, 11) is 0. The number of hydrogen-bond acceptors (Lipinski definition) is 9. The number of nitrogens with one attached hydrogen (secondary N) is 1. The average molecular weight is 533 g/mol. The summed E-state index contributed by atoms with van der Waals surface area (Å²) in [6.07, 6.45) is 9.02. The van der Waals surface area contributed by atoms with Gasteiger partial charge in [0.15, 0.2) is 0 Å². The Morgan fingerprint density at radius 3 is 2.66 bits per heavy atom. The molecule has 0 aromatic heterocycles. The summed E-state index contributed by atoms with van der Waals surface area (Å²) in [6.45, 7) is 3.87. The van der Waals surface area contributed by atoms with Crippen molar-refractivity contribution in [3.63, 3.8) is 0 Å². The van der Waals surface area contributed by atoms with Gasteiger partial charge in [-0.3, -0.25) is 4.79 Å². The van der Waals surface area contributed by atoms with Crippen LogP contribution < -0.4 is 11.1 Å². The minimum Gasteiger partial charge on any atom is -0.461 e. The van der Waals surface area contributed by atoms with Crippen LogP contribution in [0.1, 0.15) is 77.6 Å². The average Bonchev–Trinajstić information content (AvgIpc) is 3.43. The second kappa shape index (κ2) is 10.3. The highest BCUT2D eigenvalue weighted by atomic mass is 16.5. The summed E-state index contributed by atoms with van der Waals surface area (Å²) in [5, 5.41) is 27.4. The molecule has 9 heteroatoms. The van der Waals surface area contributed by atoms with E-state index in [2.05, 4.69) is 12.2 Å². The zero-order chi connectivity index (χ0) is 27.2. The van der Waals surface area contributed by atoms with Crippen molar-refractivity contribution in [3.05, 3.63) is 11.6 Å². The van der Waals surface area contributed by atoms with Gasteiger partial charge >= 0.3 is 11.9 Å². The second-order valence-corrected chi connectivity index (χ2v) is 12.8. The van der Waals surface area contributed by atoms with Crippen molar-refractivity contribution >= 4 is 18.2 Å². The van der Waals surface area contributed by atoms with E-state index in [-0.39, 0.29) is 42.7 Å². The molecular formula is C29H44N2O7. The highest BCUT2D eigenvalue weighted by Gasteiger charge is 2.71. The van der Waals surface area contributed by atoms with Crippen molar-refractivity contribution in [2.24, 2.45) is 34.3 Å². The summed E-state index contributed by atoms with van der Waals surface area (Å²) in [4.78, 5) is 37.1. The van der Waals surface area contributed by atoms with Crippen LogP contribution in [-0.2, 0) is 23.9 Å². The predicted octanol–water partition coefficient (Wildman–Crippen LogP) is 1.78. The number of cyclic esters (lactones) is 1. The molecule has 5 aliphatic rings. The molecule has 212 valence electrons. The number of fused-ring (bicyclic) bond motifs is 5. The third-order valence-electron chi connectivity index (χ3n) is 11.2. The zero-order valence-corrected chi connectivity index (χ0v) is 22.6. The van der Waals surface area contributed by atoms with Gasteiger partial charge in [-0.1, -0.05) is 6.92 Å². The first-order chi connectivity index (χ1) is 18.1. The standard InChI is InChI=1S/C29H44N2O7/c1-26-8-5-22-23(29(26,36)11-7-21(26)19-14-24(33)37-17-19)6-10-28(35)15-20(4-9-27(22,28)18-32)38-25(34)16-31-13-3-2-12-30/h14,18,20-23,31,35-36H,2-13,15-17,30H2,1H3/t20-,21+,22-,23+,26+,27-,28-,29-/m0/s1. The first-order valence-electron chi connectivity index (χ1n) is 14.5. The van der Waals surface area contributed by atoms with Crippen LogP contribution in [0.2, 0.25) is 0 Å². The van der Waals surface area contributed by atoms with Gasteiger partial charge < -0.3 is 35.5 Å². The Bertz CT molecular complexity index is 986. The quantitative estimate of drug-likeness (QED) is 0.198. The molecular weight excluding hydrogens is 488 g/mol. The zero-order valence-electron chi connectivity index (χ0n) is 22.6. The fourth-order valence-corrected chi connectivity index (χ4v) is 9.23. The van der Waals surface area contributed by atoms with Crippen LogP contribution in [-0.4, -0.2) is 72.0 Å². The molecule has 0 bridgehead atoms. The van der Waals surface area contributed by atoms with Crippen molar-refractivity contribution in [3.8, 4) is 0 Å². The van der Waals surface area contributed by atoms with E-state index >= 15 is 0 Å². The van der Waals surface area contributed by atoms with E-state index in [4.69, 9.17) is 15.2 Å². The molecule has 4 fully saturated rings. The number of carbonyl (C=O) groups is 3. The lowest BCUT2D eigenvalue weighted by Crippen LogP contribution is -2.69. The number of ether oxygens (including phenoxy) is 2. The van der Waals surface area contributed by atoms with Gasteiger partial charge in [0.05, 0.1) is 23.2 Å². The van der Waals surface area contributed by atoms with Crippen LogP contribution in [0.3, 0.4) is 0 Å². The Morgan fingerprint density at radius 2 is 1.95 bits per heavy atom. The Kier molecular flexibility index (Phi) is 7.52. The summed E-state index contributed by atoms with van der Waals surface area (Å²) in [5.41, 5.74) is 2.88. The molecule has 0 spiro atoms. The molecule has 5 N–H and O–H groups in total. The maximum Gasteiger partial charge on any atom is 0.331 e. The maximum absolute atomic E-state index is 12.9. The lowest BCUT2D eigenvalue weighted by Gasteiger charge is -2.65. The van der Waals surface area contributed by atoms with Crippen molar-refractivity contribution in [1.82, 2.24) is 5.32 Å². The lowest BCUT2D eigenvalue weighted by atomic mass is 9.41. The van der Waals surface area contributed by atoms with Gasteiger partial charge in [0, 0.05) is 17.9 Å². The van der Waals surface area contributed by atoms with Gasteiger partial charge in [-0.15, -0.1) is 0 Å². The first-order valence-corrected chi connectivity index (χ1v) is 14.5. The summed E-state index contributed by atoms with van der Waals surface area (Å²) >= 11 is 0. The van der Waals surface area contributed by atoms with Crippen LogP contribution in [0.4, 0.5) is 0 Å². The number of unbranched alkanes of at least 4 members (excludes halogenated alkanes) is 1. The summed E-state index contributed by atoms with van der Waals surface area (Å²) in [6, 6.07) is 0. The fourth-order valence-electron chi connectivity index (χ4n) is 9.23. The molecule has 1 heterocycles. The number of rotatable bonds is 9. The number of nitrogens with two attached hydrogens (primary N) is 1. The predicted molar refractivity (Wildman–Crippen MR) is 139 cm³/mol. The third kappa shape index (κ3) is 4.25. The van der Waals surface area contributed by atoms with E-state index in [1.165, 1.54) is 0 Å². The van der Waals surface area contributed by atoms with Crippen LogP contribution in [0.15, 0.2) is 11.6 Å². The molecule has 4 aliphatic carbocycles. The van der Waals surface area contributed by atoms with Crippen molar-refractivity contribution in [2.75, 3.05) is 26.2 Å². The molecule has 4 saturated carbocycles. The van der Waals surface area contributed by atoms with Crippen LogP contribution >= 0.6 is 0 Å². The number of aldehydes is 1. The van der Waals surface area contributed by atoms with Gasteiger partial charge in [-0.25, -0.2) is 4.79 Å². The third-order valence-corrected chi connectivity index (χ3v) is 11.2. The molecule has 0 saturated heterocycles. The van der Waals surface area contributed by atoms with Gasteiger partial charge in [-0.05, 0) is 101 Å². The molecule has 38 heavy (non-hydrogen) atoms. The van der Waals surface area contributed by atoms with Crippen molar-refractivity contribution in [1.29, 1.82) is 0 Å². The molecule has 0 aromatic carbocycles. The normalized spacial score (nSPS) is 43.9. The fraction of sp³-hybridized carbons (Fsp3) is 0.828. The van der Waals surface area contributed by atoms with E-state index in [1.807, 2.05) is 0 Å². The monoisotopic (exact) mass is 532 g/mol. The van der Waals surface area contributed by atoms with E-state index in [9.17, 15) is 24.6 Å². The largest absolute Gasteiger partial charge is 0.461 e. The van der Waals surface area contributed by atoms with Crippen molar-refractivity contribution < 1.29 is 34.1 Å². The summed E-state index contributed by atoms with van der Waals surface area (Å²) < 4.78 is 10.9. The lowest BCUT2D eigenvalue weighted by molar-refractivity contribution is -0.249. The topological polar surface area (TPSA) is 148 Å². The van der Waals surface area contributed by atoms with Crippen molar-refractivity contribution in [2.45, 2.75) is 94.9 Å². The Morgan fingerprint density at radius 1 is 1.16 bits per heavy atom. The number of carbonyl (C=O) groups excluding carboxylic acids is 3. The molecule has 9 nitrogen and oxygen atoms in total. The molecule has 0 aromatic rings. The van der Waals surface area contributed by atoms with E-state index < -0.39 is 28.1 Å². The minimum atomic E-state index is -1.26. The minimum absolute atomic E-state index is 0.0759. The Labute approximate surface area is 224 Å². The molecule has 8 atom stereocenters. The molecule has 5 rings (SSSR count). The number of aliphatic hydroxyl groups is 2. The number of hydrogen-bond donors (Lipinski definition) is 4. The Hall–Kier alpha value is -1.81. The van der Waals surface area contributed by atoms with E-state index in [0.717, 1.165) is 44.0 Å². The smallest absolute Gasteiger partial charge is 0.331 e. The van der Waals surface area contributed by atoms with Crippen LogP contribution in [0.25, 0.3) is 0 Å². The molecule has 0 radical (unpaired) electrons. The highest BCUT2D eigenvalue weighted by Crippen LogP contribution is 2.70. The van der Waals surface area contributed by atoms with Crippen LogP contribution in [0, 0.1) is 28.6 Å². The molecule has 0 amide bonds. The Balaban J connectivity index is 1.29. The van der Waals surface area contributed by atoms with Gasteiger partial charge in [0.25, 0.3) is 0 Å². The van der Waals surface area contributed by atoms with Gasteiger partial charge in [0.2, 0.25) is 0 Å². The maximum atomic E-state index is 12.9. The molecule has 0 unspecified atom stereocenters. The summed E-state index contributed by atoms with van der Waals surface area (Å²) in [5.74, 6) is -0.816. The van der Waals surface area contributed by atoms with E-state index in [0.29, 0.717) is 51.8 Å².